The molecule has 0 rings (SSSR count). The first-order valence-corrected chi connectivity index (χ1v) is 15.1. The largest absolute Gasteiger partial charge is 0.462 e. The molecule has 0 N–H and O–H groups in total. The molecule has 0 radical (unpaired) electrons. The third-order valence-electron chi connectivity index (χ3n) is 6.14. The van der Waals surface area contributed by atoms with Crippen LogP contribution in [0.3, 0.4) is 0 Å². The smallest absolute Gasteiger partial charge is 0.306 e. The molecule has 1 amide bonds. The van der Waals surface area contributed by atoms with Crippen LogP contribution >= 0.6 is 11.8 Å². The molecule has 0 saturated carbocycles. The van der Waals surface area contributed by atoms with Gasteiger partial charge in [0.25, 0.3) is 5.24 Å². The summed E-state index contributed by atoms with van der Waals surface area (Å²) in [6, 6.07) is 0. The zero-order chi connectivity index (χ0) is 26.2. The molecule has 0 aromatic heterocycles. The van der Waals surface area contributed by atoms with Gasteiger partial charge in [0.1, 0.15) is 12.4 Å². The van der Waals surface area contributed by atoms with Crippen LogP contribution in [0.5, 0.6) is 0 Å². The van der Waals surface area contributed by atoms with Crippen LogP contribution in [-0.2, 0) is 14.3 Å². The Labute approximate surface area is 220 Å². The van der Waals surface area contributed by atoms with Gasteiger partial charge in [0, 0.05) is 38.2 Å². The van der Waals surface area contributed by atoms with E-state index in [1.165, 1.54) is 63.1 Å². The molecule has 0 unspecified atom stereocenters. The molecule has 0 heterocycles. The number of rotatable bonds is 24. The number of nitrogens with zero attached hydrogens (tertiary/aromatic N) is 2. The highest BCUT2D eigenvalue weighted by Crippen LogP contribution is 2.18. The van der Waals surface area contributed by atoms with Gasteiger partial charge in [-0.1, -0.05) is 77.0 Å². The van der Waals surface area contributed by atoms with Gasteiger partial charge in [0.15, 0.2) is 0 Å². The predicted molar refractivity (Wildman–Crippen MR) is 149 cm³/mol. The lowest BCUT2D eigenvalue weighted by atomic mass is 10.0. The van der Waals surface area contributed by atoms with Gasteiger partial charge in [-0.05, 0) is 52.6 Å². The first-order chi connectivity index (χ1) is 16.9. The van der Waals surface area contributed by atoms with E-state index >= 15 is 0 Å². The number of carbonyl (C=O) groups is 3. The van der Waals surface area contributed by atoms with Crippen molar-refractivity contribution in [2.45, 2.75) is 123 Å². The van der Waals surface area contributed by atoms with Crippen molar-refractivity contribution in [3.63, 3.8) is 0 Å². The van der Waals surface area contributed by atoms with Crippen LogP contribution in [0, 0.1) is 0 Å². The lowest BCUT2D eigenvalue weighted by Gasteiger charge is -2.23. The van der Waals surface area contributed by atoms with Crippen molar-refractivity contribution >= 4 is 29.3 Å². The third-order valence-corrected chi connectivity index (χ3v) is 7.03. The summed E-state index contributed by atoms with van der Waals surface area (Å²) in [4.78, 5) is 39.8. The lowest BCUT2D eigenvalue weighted by molar-refractivity contribution is -0.150. The highest BCUT2D eigenvalue weighted by Gasteiger charge is 2.17. The van der Waals surface area contributed by atoms with E-state index in [9.17, 15) is 14.4 Å². The zero-order valence-corrected chi connectivity index (χ0v) is 24.0. The molecule has 0 atom stereocenters. The second-order valence-electron chi connectivity index (χ2n) is 9.83. The van der Waals surface area contributed by atoms with E-state index in [-0.39, 0.29) is 17.3 Å². The van der Waals surface area contributed by atoms with E-state index in [0.717, 1.165) is 44.3 Å². The van der Waals surface area contributed by atoms with Crippen LogP contribution in [0.2, 0.25) is 0 Å². The molecule has 35 heavy (non-hydrogen) atoms. The van der Waals surface area contributed by atoms with Crippen molar-refractivity contribution in [3.05, 3.63) is 0 Å². The van der Waals surface area contributed by atoms with Gasteiger partial charge in [-0.3, -0.25) is 9.59 Å². The number of esters is 1. The van der Waals surface area contributed by atoms with Gasteiger partial charge < -0.3 is 19.3 Å². The van der Waals surface area contributed by atoms with Crippen LogP contribution in [-0.4, -0.2) is 72.9 Å². The molecule has 0 saturated heterocycles. The molecular formula is C28H54N2O4S. The van der Waals surface area contributed by atoms with Crippen molar-refractivity contribution < 1.29 is 19.1 Å². The van der Waals surface area contributed by atoms with Crippen LogP contribution in [0.4, 0.5) is 4.79 Å². The number of hydrogen-bond donors (Lipinski definition) is 0. The number of carbonyl (C=O) groups excluding carboxylic acids is 3. The van der Waals surface area contributed by atoms with E-state index in [1.54, 1.807) is 4.90 Å². The van der Waals surface area contributed by atoms with E-state index in [0.29, 0.717) is 38.8 Å². The van der Waals surface area contributed by atoms with Gasteiger partial charge in [-0.15, -0.1) is 0 Å². The Hall–Kier alpha value is -1.08. The summed E-state index contributed by atoms with van der Waals surface area (Å²) in [6.07, 6.45) is 17.1. The highest BCUT2D eigenvalue weighted by atomic mass is 32.2. The van der Waals surface area contributed by atoms with Crippen LogP contribution in [0.15, 0.2) is 0 Å². The van der Waals surface area contributed by atoms with E-state index in [2.05, 4.69) is 18.7 Å². The maximum Gasteiger partial charge on any atom is 0.306 e. The summed E-state index contributed by atoms with van der Waals surface area (Å²) in [5, 5.41) is 0.0307. The molecule has 0 bridgehead atoms. The summed E-state index contributed by atoms with van der Waals surface area (Å²) < 4.78 is 5.90. The third kappa shape index (κ3) is 21.9. The van der Waals surface area contributed by atoms with E-state index in [4.69, 9.17) is 4.74 Å². The van der Waals surface area contributed by atoms with Crippen molar-refractivity contribution in [2.75, 3.05) is 39.5 Å². The van der Waals surface area contributed by atoms with Crippen LogP contribution in [0.25, 0.3) is 0 Å². The summed E-state index contributed by atoms with van der Waals surface area (Å²) in [5.74, 6) is 0.591. The summed E-state index contributed by atoms with van der Waals surface area (Å²) in [6.45, 7) is 6.37. The second kappa shape index (κ2) is 24.6. The molecule has 0 aliphatic rings. The van der Waals surface area contributed by atoms with Gasteiger partial charge in [-0.25, -0.2) is 0 Å². The topological polar surface area (TPSA) is 66.9 Å². The molecule has 0 spiro atoms. The zero-order valence-electron chi connectivity index (χ0n) is 23.2. The number of unbranched alkanes of at least 4 members (excludes halogenated alkanes) is 9. The fourth-order valence-electron chi connectivity index (χ4n) is 3.94. The number of amides is 1. The van der Waals surface area contributed by atoms with Gasteiger partial charge >= 0.3 is 5.97 Å². The Morgan fingerprint density at radius 3 is 1.91 bits per heavy atom. The fraction of sp³-hybridized carbons (Fsp3) is 0.893. The minimum absolute atomic E-state index is 0.0256. The number of hydrogen-bond acceptors (Lipinski definition) is 6. The van der Waals surface area contributed by atoms with Crippen LogP contribution in [0.1, 0.15) is 117 Å². The Bertz CT molecular complexity index is 517. The molecule has 206 valence electrons. The molecule has 6 nitrogen and oxygen atoms in total. The SMILES string of the molecule is CCCCCCCC(CCCCCCC)OC(=O)CCCN(CCCC=O)C(=O)SCCN(C)C. The van der Waals surface area contributed by atoms with E-state index < -0.39 is 0 Å². The second-order valence-corrected chi connectivity index (χ2v) is 10.9. The monoisotopic (exact) mass is 514 g/mol. The Morgan fingerprint density at radius 1 is 0.800 bits per heavy atom. The molecule has 0 aromatic rings. The number of thioether (sulfide) groups is 1. The normalized spacial score (nSPS) is 11.3. The Kier molecular flexibility index (Phi) is 23.8. The minimum Gasteiger partial charge on any atom is -0.462 e. The Balaban J connectivity index is 4.55. The van der Waals surface area contributed by atoms with Crippen LogP contribution < -0.4 is 0 Å². The Morgan fingerprint density at radius 2 is 1.37 bits per heavy atom. The molecule has 0 aliphatic carbocycles. The van der Waals surface area contributed by atoms with Gasteiger partial charge in [0.2, 0.25) is 0 Å². The molecule has 0 fully saturated rings. The highest BCUT2D eigenvalue weighted by molar-refractivity contribution is 8.13. The molecule has 0 aliphatic heterocycles. The first-order valence-electron chi connectivity index (χ1n) is 14.1. The predicted octanol–water partition coefficient (Wildman–Crippen LogP) is 7.10. The average molecular weight is 515 g/mol. The molecular weight excluding hydrogens is 460 g/mol. The summed E-state index contributed by atoms with van der Waals surface area (Å²) in [7, 11) is 3.98. The standard InChI is InChI=1S/C28H54N2O4S/c1-5-7-9-11-13-18-26(19-14-12-10-8-6-2)34-27(32)20-17-22-30(21-15-16-24-31)28(33)35-25-23-29(3)4/h24,26H,5-23,25H2,1-4H3. The van der Waals surface area contributed by atoms with Gasteiger partial charge in [0.05, 0.1) is 0 Å². The molecule has 7 heteroatoms. The van der Waals surface area contributed by atoms with Crippen molar-refractivity contribution in [1.29, 1.82) is 0 Å². The summed E-state index contributed by atoms with van der Waals surface area (Å²) in [5.41, 5.74) is 0. The van der Waals surface area contributed by atoms with Gasteiger partial charge in [-0.2, -0.15) is 0 Å². The maximum absolute atomic E-state index is 12.6. The van der Waals surface area contributed by atoms with Crippen molar-refractivity contribution in [3.8, 4) is 0 Å². The number of ether oxygens (including phenoxy) is 1. The first kappa shape index (κ1) is 33.9. The average Bonchev–Trinajstić information content (AvgIpc) is 2.82. The van der Waals surface area contributed by atoms with Crippen molar-refractivity contribution in [2.24, 2.45) is 0 Å². The lowest BCUT2D eigenvalue weighted by Crippen LogP contribution is -2.31. The fourth-order valence-corrected chi connectivity index (χ4v) is 4.94. The summed E-state index contributed by atoms with van der Waals surface area (Å²) >= 11 is 1.31. The minimum atomic E-state index is -0.141. The molecule has 0 aromatic carbocycles. The quantitative estimate of drug-likeness (QED) is 0.0778. The van der Waals surface area contributed by atoms with E-state index in [1.807, 2.05) is 14.1 Å². The maximum atomic E-state index is 12.6. The van der Waals surface area contributed by atoms with Crippen molar-refractivity contribution in [1.82, 2.24) is 9.80 Å². The number of aldehydes is 1.